The Labute approximate surface area is 145 Å². The minimum absolute atomic E-state index is 0.0681. The summed E-state index contributed by atoms with van der Waals surface area (Å²) in [6.45, 7) is 0.0681. The molecular formula is C19H18N2O4. The number of aliphatic hydroxyl groups is 1. The largest absolute Gasteiger partial charge is 0.497 e. The number of rotatable bonds is 6. The van der Waals surface area contributed by atoms with E-state index in [4.69, 9.17) is 9.26 Å². The lowest BCUT2D eigenvalue weighted by Crippen LogP contribution is -2.28. The van der Waals surface area contributed by atoms with Crippen LogP contribution in [0.5, 0.6) is 5.75 Å². The van der Waals surface area contributed by atoms with E-state index in [1.165, 1.54) is 0 Å². The number of carbonyl (C=O) groups is 1. The fourth-order valence-corrected chi connectivity index (χ4v) is 2.34. The monoisotopic (exact) mass is 338 g/mol. The molecule has 1 atom stereocenters. The standard InChI is InChI=1S/C19H18N2O4/c1-24-15-9-7-13(8-10-15)17(22)12-20-19(23)16-11-18(25-21-16)14-5-3-2-4-6-14/h2-11,17,22H,12H2,1H3,(H,20,23). The summed E-state index contributed by atoms with van der Waals surface area (Å²) < 4.78 is 10.3. The van der Waals surface area contributed by atoms with E-state index >= 15 is 0 Å². The number of carbonyl (C=O) groups excluding carboxylic acids is 1. The molecule has 0 saturated carbocycles. The maximum Gasteiger partial charge on any atom is 0.273 e. The minimum Gasteiger partial charge on any atom is -0.497 e. The second-order valence-electron chi connectivity index (χ2n) is 5.44. The highest BCUT2D eigenvalue weighted by molar-refractivity contribution is 5.93. The minimum atomic E-state index is -0.824. The number of amides is 1. The summed E-state index contributed by atoms with van der Waals surface area (Å²) in [5.41, 5.74) is 1.69. The van der Waals surface area contributed by atoms with E-state index < -0.39 is 12.0 Å². The molecule has 1 heterocycles. The first-order valence-corrected chi connectivity index (χ1v) is 7.79. The maximum atomic E-state index is 12.2. The van der Waals surface area contributed by atoms with Crippen LogP contribution in [0.15, 0.2) is 65.2 Å². The Hall–Kier alpha value is -3.12. The number of benzene rings is 2. The molecule has 3 rings (SSSR count). The SMILES string of the molecule is COc1ccc(C(O)CNC(=O)c2cc(-c3ccccc3)on2)cc1. The van der Waals surface area contributed by atoms with Gasteiger partial charge in [0.25, 0.3) is 5.91 Å². The van der Waals surface area contributed by atoms with Crippen molar-refractivity contribution < 1.29 is 19.2 Å². The molecule has 0 aliphatic rings. The molecule has 0 bridgehead atoms. The number of ether oxygens (including phenoxy) is 1. The molecule has 6 nitrogen and oxygen atoms in total. The van der Waals surface area contributed by atoms with Crippen molar-refractivity contribution >= 4 is 5.91 Å². The number of hydrogen-bond acceptors (Lipinski definition) is 5. The van der Waals surface area contributed by atoms with Crippen molar-refractivity contribution in [1.82, 2.24) is 10.5 Å². The van der Waals surface area contributed by atoms with Crippen molar-refractivity contribution in [1.29, 1.82) is 0 Å². The van der Waals surface area contributed by atoms with Crippen LogP contribution in [0.3, 0.4) is 0 Å². The average molecular weight is 338 g/mol. The van der Waals surface area contributed by atoms with Crippen LogP contribution in [0.4, 0.5) is 0 Å². The number of methoxy groups -OCH3 is 1. The Bertz CT molecular complexity index is 828. The summed E-state index contributed by atoms with van der Waals surface area (Å²) >= 11 is 0. The van der Waals surface area contributed by atoms with Crippen LogP contribution >= 0.6 is 0 Å². The Morgan fingerprint density at radius 3 is 2.60 bits per heavy atom. The summed E-state index contributed by atoms with van der Waals surface area (Å²) in [5, 5.41) is 16.6. The van der Waals surface area contributed by atoms with Gasteiger partial charge >= 0.3 is 0 Å². The summed E-state index contributed by atoms with van der Waals surface area (Å²) in [4.78, 5) is 12.2. The molecule has 1 unspecified atom stereocenters. The van der Waals surface area contributed by atoms with Crippen molar-refractivity contribution in [3.05, 3.63) is 71.9 Å². The van der Waals surface area contributed by atoms with E-state index in [1.54, 1.807) is 37.4 Å². The lowest BCUT2D eigenvalue weighted by atomic mass is 10.1. The van der Waals surface area contributed by atoms with Gasteiger partial charge in [-0.2, -0.15) is 0 Å². The molecule has 0 radical (unpaired) electrons. The molecule has 6 heteroatoms. The van der Waals surface area contributed by atoms with Crippen LogP contribution < -0.4 is 10.1 Å². The van der Waals surface area contributed by atoms with Gasteiger partial charge in [0.2, 0.25) is 0 Å². The molecule has 0 fully saturated rings. The van der Waals surface area contributed by atoms with Crippen molar-refractivity contribution in [3.63, 3.8) is 0 Å². The number of aromatic nitrogens is 1. The number of aliphatic hydroxyl groups excluding tert-OH is 1. The Morgan fingerprint density at radius 1 is 1.20 bits per heavy atom. The third kappa shape index (κ3) is 4.05. The third-order valence-corrected chi connectivity index (χ3v) is 3.76. The van der Waals surface area contributed by atoms with Crippen LogP contribution in [0.2, 0.25) is 0 Å². The lowest BCUT2D eigenvalue weighted by Gasteiger charge is -2.12. The topological polar surface area (TPSA) is 84.6 Å². The summed E-state index contributed by atoms with van der Waals surface area (Å²) in [7, 11) is 1.58. The quantitative estimate of drug-likeness (QED) is 0.722. The van der Waals surface area contributed by atoms with Crippen molar-refractivity contribution in [3.8, 4) is 17.1 Å². The lowest BCUT2D eigenvalue weighted by molar-refractivity contribution is 0.0907. The van der Waals surface area contributed by atoms with Crippen molar-refractivity contribution in [2.75, 3.05) is 13.7 Å². The van der Waals surface area contributed by atoms with Gasteiger partial charge in [-0.25, -0.2) is 0 Å². The van der Waals surface area contributed by atoms with Gasteiger partial charge in [-0.05, 0) is 17.7 Å². The third-order valence-electron chi connectivity index (χ3n) is 3.76. The first kappa shape index (κ1) is 16.7. The molecule has 2 N–H and O–H groups in total. The van der Waals surface area contributed by atoms with Crippen LogP contribution in [-0.4, -0.2) is 29.8 Å². The van der Waals surface area contributed by atoms with Gasteiger partial charge in [-0.1, -0.05) is 47.6 Å². The second kappa shape index (κ2) is 7.63. The molecule has 0 spiro atoms. The van der Waals surface area contributed by atoms with Crippen LogP contribution in [-0.2, 0) is 0 Å². The van der Waals surface area contributed by atoms with Gasteiger partial charge in [0, 0.05) is 18.2 Å². The molecule has 0 aliphatic carbocycles. The molecule has 0 aliphatic heterocycles. The van der Waals surface area contributed by atoms with Crippen LogP contribution in [0.1, 0.15) is 22.2 Å². The number of hydrogen-bond donors (Lipinski definition) is 2. The molecule has 2 aromatic carbocycles. The summed E-state index contributed by atoms with van der Waals surface area (Å²) in [6.07, 6.45) is -0.824. The van der Waals surface area contributed by atoms with Gasteiger partial charge < -0.3 is 19.7 Å². The van der Waals surface area contributed by atoms with E-state index in [1.807, 2.05) is 30.3 Å². The zero-order chi connectivity index (χ0) is 17.6. The first-order valence-electron chi connectivity index (χ1n) is 7.79. The van der Waals surface area contributed by atoms with Gasteiger partial charge in [-0.15, -0.1) is 0 Å². The smallest absolute Gasteiger partial charge is 0.273 e. The Balaban J connectivity index is 1.59. The van der Waals surface area contributed by atoms with E-state index in [-0.39, 0.29) is 12.2 Å². The molecule has 1 amide bonds. The normalized spacial score (nSPS) is 11.8. The number of nitrogens with zero attached hydrogens (tertiary/aromatic N) is 1. The zero-order valence-electron chi connectivity index (χ0n) is 13.7. The predicted octanol–water partition coefficient (Wildman–Crippen LogP) is 2.81. The van der Waals surface area contributed by atoms with Crippen molar-refractivity contribution in [2.45, 2.75) is 6.10 Å². The van der Waals surface area contributed by atoms with E-state index in [9.17, 15) is 9.90 Å². The number of nitrogens with one attached hydrogen (secondary N) is 1. The summed E-state index contributed by atoms with van der Waals surface area (Å²) in [6, 6.07) is 18.0. The average Bonchev–Trinajstić information content (AvgIpc) is 3.17. The highest BCUT2D eigenvalue weighted by Crippen LogP contribution is 2.20. The molecule has 1 aromatic heterocycles. The fourth-order valence-electron chi connectivity index (χ4n) is 2.34. The zero-order valence-corrected chi connectivity index (χ0v) is 13.7. The Morgan fingerprint density at radius 2 is 1.92 bits per heavy atom. The van der Waals surface area contributed by atoms with Gasteiger partial charge in [0.1, 0.15) is 5.75 Å². The van der Waals surface area contributed by atoms with Crippen LogP contribution in [0, 0.1) is 0 Å². The maximum absolute atomic E-state index is 12.2. The molecule has 25 heavy (non-hydrogen) atoms. The highest BCUT2D eigenvalue weighted by Gasteiger charge is 2.15. The Kier molecular flexibility index (Phi) is 5.11. The molecule has 0 saturated heterocycles. The van der Waals surface area contributed by atoms with E-state index in [0.29, 0.717) is 17.1 Å². The molecule has 3 aromatic rings. The van der Waals surface area contributed by atoms with Crippen molar-refractivity contribution in [2.24, 2.45) is 0 Å². The van der Waals surface area contributed by atoms with Gasteiger partial charge in [-0.3, -0.25) is 4.79 Å². The second-order valence-corrected chi connectivity index (χ2v) is 5.44. The molecular weight excluding hydrogens is 320 g/mol. The van der Waals surface area contributed by atoms with E-state index in [2.05, 4.69) is 10.5 Å². The molecule has 128 valence electrons. The van der Waals surface area contributed by atoms with E-state index in [0.717, 1.165) is 5.56 Å². The van der Waals surface area contributed by atoms with Crippen LogP contribution in [0.25, 0.3) is 11.3 Å². The summed E-state index contributed by atoms with van der Waals surface area (Å²) in [5.74, 6) is 0.816. The first-order chi connectivity index (χ1) is 12.2. The van der Waals surface area contributed by atoms with Gasteiger partial charge in [0.15, 0.2) is 11.5 Å². The highest BCUT2D eigenvalue weighted by atomic mass is 16.5. The predicted molar refractivity (Wildman–Crippen MR) is 92.2 cm³/mol. The van der Waals surface area contributed by atoms with Gasteiger partial charge in [0.05, 0.1) is 13.2 Å². The fraction of sp³-hybridized carbons (Fsp3) is 0.158.